The summed E-state index contributed by atoms with van der Waals surface area (Å²) >= 11 is 1.39. The van der Waals surface area contributed by atoms with Gasteiger partial charge in [-0.15, -0.1) is 5.10 Å². The molecule has 0 aliphatic heterocycles. The van der Waals surface area contributed by atoms with Gasteiger partial charge in [0.25, 0.3) is 5.78 Å². The molecule has 2 aromatic heterocycles. The van der Waals surface area contributed by atoms with Crippen LogP contribution < -0.4 is 5.32 Å². The highest BCUT2D eigenvalue weighted by atomic mass is 32.2. The molecule has 7 heteroatoms. The molecule has 2 heterocycles. The van der Waals surface area contributed by atoms with Crippen molar-refractivity contribution in [1.29, 1.82) is 0 Å². The zero-order valence-corrected chi connectivity index (χ0v) is 17.7. The van der Waals surface area contributed by atoms with Gasteiger partial charge in [0, 0.05) is 17.4 Å². The smallest absolute Gasteiger partial charge is 0.253 e. The van der Waals surface area contributed by atoms with Crippen LogP contribution in [0.15, 0.2) is 5.16 Å². The summed E-state index contributed by atoms with van der Waals surface area (Å²) in [6.45, 7) is 8.54. The summed E-state index contributed by atoms with van der Waals surface area (Å²) in [5.41, 5.74) is 3.39. The van der Waals surface area contributed by atoms with Crippen molar-refractivity contribution >= 4 is 23.4 Å². The van der Waals surface area contributed by atoms with Gasteiger partial charge in [-0.2, -0.15) is 4.98 Å². The van der Waals surface area contributed by atoms with Crippen molar-refractivity contribution in [3.63, 3.8) is 0 Å². The molecule has 2 aromatic rings. The van der Waals surface area contributed by atoms with E-state index in [4.69, 9.17) is 0 Å². The number of nitrogens with zero attached hydrogens (tertiary/aromatic N) is 4. The normalized spacial score (nSPS) is 20.1. The second-order valence-corrected chi connectivity index (χ2v) is 8.64. The number of rotatable bonds is 7. The number of aryl methyl sites for hydroxylation is 2. The Labute approximate surface area is 165 Å². The van der Waals surface area contributed by atoms with E-state index in [-0.39, 0.29) is 5.91 Å². The van der Waals surface area contributed by atoms with Crippen LogP contribution in [0.4, 0.5) is 0 Å². The molecule has 0 spiro atoms. The Kier molecular flexibility index (Phi) is 6.73. The second-order valence-electron chi connectivity index (χ2n) is 7.70. The molecule has 1 N–H and O–H groups in total. The molecule has 3 rings (SSSR count). The lowest BCUT2D eigenvalue weighted by molar-refractivity contribution is -0.119. The van der Waals surface area contributed by atoms with Crippen molar-refractivity contribution in [1.82, 2.24) is 24.9 Å². The van der Waals surface area contributed by atoms with Gasteiger partial charge in [-0.05, 0) is 51.0 Å². The number of unbranched alkanes of at least 4 members (excludes halogenated alkanes) is 1. The SMILES string of the molecule is CCCCc1c(C)nc2nc(SCC(=O)NC3CCCCC3C)nn2c1C. The maximum absolute atomic E-state index is 12.3. The minimum atomic E-state index is 0.0714. The fraction of sp³-hybridized carbons (Fsp3) is 0.700. The molecule has 1 aliphatic carbocycles. The molecule has 1 saturated carbocycles. The first-order valence-electron chi connectivity index (χ1n) is 10.1. The monoisotopic (exact) mass is 389 g/mol. The minimum absolute atomic E-state index is 0.0714. The number of fused-ring (bicyclic) bond motifs is 1. The summed E-state index contributed by atoms with van der Waals surface area (Å²) in [7, 11) is 0. The van der Waals surface area contributed by atoms with Crippen LogP contribution in [0.5, 0.6) is 0 Å². The highest BCUT2D eigenvalue weighted by molar-refractivity contribution is 7.99. The number of thioether (sulfide) groups is 1. The van der Waals surface area contributed by atoms with Gasteiger partial charge in [-0.1, -0.05) is 44.9 Å². The fourth-order valence-electron chi connectivity index (χ4n) is 3.88. The van der Waals surface area contributed by atoms with Gasteiger partial charge < -0.3 is 5.32 Å². The summed E-state index contributed by atoms with van der Waals surface area (Å²) in [6.07, 6.45) is 8.10. The fourth-order valence-corrected chi connectivity index (χ4v) is 4.50. The molecule has 2 unspecified atom stereocenters. The maximum atomic E-state index is 12.3. The van der Waals surface area contributed by atoms with E-state index in [9.17, 15) is 4.79 Å². The lowest BCUT2D eigenvalue weighted by Crippen LogP contribution is -2.41. The van der Waals surface area contributed by atoms with Crippen molar-refractivity contribution in [2.45, 2.75) is 83.8 Å². The number of amides is 1. The van der Waals surface area contributed by atoms with Crippen LogP contribution >= 0.6 is 11.8 Å². The molecule has 0 bridgehead atoms. The summed E-state index contributed by atoms with van der Waals surface area (Å²) in [5, 5.41) is 8.38. The Hall–Kier alpha value is -1.63. The minimum Gasteiger partial charge on any atom is -0.352 e. The third-order valence-corrected chi connectivity index (χ3v) is 6.44. The van der Waals surface area contributed by atoms with E-state index in [2.05, 4.69) is 41.2 Å². The van der Waals surface area contributed by atoms with E-state index in [1.807, 2.05) is 11.4 Å². The highest BCUT2D eigenvalue weighted by Gasteiger charge is 2.23. The van der Waals surface area contributed by atoms with Crippen LogP contribution in [0.1, 0.15) is 69.3 Å². The van der Waals surface area contributed by atoms with Gasteiger partial charge in [0.15, 0.2) is 0 Å². The van der Waals surface area contributed by atoms with Crippen molar-refractivity contribution in [2.75, 3.05) is 5.75 Å². The van der Waals surface area contributed by atoms with Gasteiger partial charge >= 0.3 is 0 Å². The first-order chi connectivity index (χ1) is 13.0. The van der Waals surface area contributed by atoms with Gasteiger partial charge in [0.05, 0.1) is 5.75 Å². The second kappa shape index (κ2) is 9.04. The topological polar surface area (TPSA) is 72.2 Å². The van der Waals surface area contributed by atoms with Gasteiger partial charge in [-0.3, -0.25) is 4.79 Å². The third kappa shape index (κ3) is 4.81. The predicted octanol–water partition coefficient (Wildman–Crippen LogP) is 3.87. The Balaban J connectivity index is 1.65. The van der Waals surface area contributed by atoms with Crippen molar-refractivity contribution < 1.29 is 4.79 Å². The quantitative estimate of drug-likeness (QED) is 0.728. The molecule has 0 radical (unpaired) electrons. The largest absolute Gasteiger partial charge is 0.352 e. The highest BCUT2D eigenvalue weighted by Crippen LogP contribution is 2.24. The van der Waals surface area contributed by atoms with Gasteiger partial charge in [-0.25, -0.2) is 9.50 Å². The van der Waals surface area contributed by atoms with Crippen LogP contribution in [-0.2, 0) is 11.2 Å². The first kappa shape index (κ1) is 20.1. The molecule has 6 nitrogen and oxygen atoms in total. The Morgan fingerprint density at radius 1 is 1.26 bits per heavy atom. The van der Waals surface area contributed by atoms with E-state index in [1.54, 1.807) is 0 Å². The molecular formula is C20H31N5OS. The van der Waals surface area contributed by atoms with E-state index < -0.39 is 0 Å². The predicted molar refractivity (Wildman–Crippen MR) is 109 cm³/mol. The van der Waals surface area contributed by atoms with Gasteiger partial charge in [0.2, 0.25) is 11.1 Å². The van der Waals surface area contributed by atoms with Crippen LogP contribution in [-0.4, -0.2) is 37.3 Å². The maximum Gasteiger partial charge on any atom is 0.253 e. The molecule has 0 aromatic carbocycles. The Morgan fingerprint density at radius 2 is 2.04 bits per heavy atom. The molecule has 148 valence electrons. The van der Waals surface area contributed by atoms with Crippen LogP contribution in [0.2, 0.25) is 0 Å². The number of hydrogen-bond donors (Lipinski definition) is 1. The van der Waals surface area contributed by atoms with E-state index in [0.29, 0.717) is 28.6 Å². The molecule has 1 amide bonds. The standard InChI is InChI=1S/C20H31N5OS/c1-5-6-10-16-14(3)21-19-23-20(24-25(19)15(16)4)27-12-18(26)22-17-11-8-7-9-13(17)2/h13,17H,5-12H2,1-4H3,(H,22,26). The molecule has 1 fully saturated rings. The summed E-state index contributed by atoms with van der Waals surface area (Å²) in [5.74, 6) is 1.61. The molecule has 1 aliphatic rings. The zero-order valence-electron chi connectivity index (χ0n) is 16.9. The number of carbonyl (C=O) groups excluding carboxylic acids is 1. The van der Waals surface area contributed by atoms with E-state index >= 15 is 0 Å². The molecule has 0 saturated heterocycles. The first-order valence-corrected chi connectivity index (χ1v) is 11.1. The lowest BCUT2D eigenvalue weighted by Gasteiger charge is -2.29. The average molecular weight is 390 g/mol. The van der Waals surface area contributed by atoms with Crippen molar-refractivity contribution in [3.8, 4) is 0 Å². The Morgan fingerprint density at radius 3 is 2.78 bits per heavy atom. The zero-order chi connectivity index (χ0) is 19.4. The van der Waals surface area contributed by atoms with E-state index in [1.165, 1.54) is 36.6 Å². The average Bonchev–Trinajstić information content (AvgIpc) is 3.05. The number of nitrogens with one attached hydrogen (secondary N) is 1. The van der Waals surface area contributed by atoms with Crippen molar-refractivity contribution in [2.24, 2.45) is 5.92 Å². The Bertz CT molecular complexity index is 803. The number of aromatic nitrogens is 4. The lowest BCUT2D eigenvalue weighted by atomic mass is 9.86. The number of hydrogen-bond acceptors (Lipinski definition) is 5. The summed E-state index contributed by atoms with van der Waals surface area (Å²) in [4.78, 5) is 21.5. The summed E-state index contributed by atoms with van der Waals surface area (Å²) < 4.78 is 1.82. The molecule has 2 atom stereocenters. The van der Waals surface area contributed by atoms with Crippen LogP contribution in [0.3, 0.4) is 0 Å². The molecular weight excluding hydrogens is 358 g/mol. The molecule has 27 heavy (non-hydrogen) atoms. The van der Waals surface area contributed by atoms with Crippen molar-refractivity contribution in [3.05, 3.63) is 17.0 Å². The summed E-state index contributed by atoms with van der Waals surface area (Å²) in [6, 6.07) is 0.313. The number of carbonyl (C=O) groups is 1. The van der Waals surface area contributed by atoms with Crippen LogP contribution in [0, 0.1) is 19.8 Å². The van der Waals surface area contributed by atoms with E-state index in [0.717, 1.165) is 37.1 Å². The van der Waals surface area contributed by atoms with Gasteiger partial charge in [0.1, 0.15) is 0 Å². The van der Waals surface area contributed by atoms with Crippen LogP contribution in [0.25, 0.3) is 5.78 Å². The third-order valence-electron chi connectivity index (χ3n) is 5.60.